The van der Waals surface area contributed by atoms with Crippen molar-refractivity contribution in [3.63, 3.8) is 0 Å². The van der Waals surface area contributed by atoms with Gasteiger partial charge in [-0.25, -0.2) is 0 Å². The van der Waals surface area contributed by atoms with Crippen LogP contribution < -0.4 is 10.1 Å². The molecular formula is C20H25NO2. The number of hydrogen-bond donors (Lipinski definition) is 1. The second-order valence-corrected chi connectivity index (χ2v) is 6.77. The molecule has 3 heteroatoms. The fraction of sp³-hybridized carbons (Fsp3) is 0.350. The van der Waals surface area contributed by atoms with Gasteiger partial charge in [-0.3, -0.25) is 4.79 Å². The van der Waals surface area contributed by atoms with E-state index in [2.05, 4.69) is 32.2 Å². The molecule has 0 unspecified atom stereocenters. The van der Waals surface area contributed by atoms with Crippen molar-refractivity contribution in [3.8, 4) is 5.75 Å². The van der Waals surface area contributed by atoms with E-state index in [0.29, 0.717) is 0 Å². The van der Waals surface area contributed by atoms with Crippen LogP contribution in [0.5, 0.6) is 5.75 Å². The normalized spacial score (nSPS) is 12.5. The van der Waals surface area contributed by atoms with Gasteiger partial charge in [-0.1, -0.05) is 63.2 Å². The summed E-state index contributed by atoms with van der Waals surface area (Å²) < 4.78 is 5.63. The Labute approximate surface area is 138 Å². The van der Waals surface area contributed by atoms with E-state index in [4.69, 9.17) is 4.74 Å². The van der Waals surface area contributed by atoms with Gasteiger partial charge < -0.3 is 10.1 Å². The average Bonchev–Trinajstić information content (AvgIpc) is 2.53. The zero-order valence-electron chi connectivity index (χ0n) is 14.3. The summed E-state index contributed by atoms with van der Waals surface area (Å²) in [6.45, 7) is 8.44. The lowest BCUT2D eigenvalue weighted by atomic mass is 9.87. The van der Waals surface area contributed by atoms with Gasteiger partial charge in [-0.05, 0) is 35.6 Å². The van der Waals surface area contributed by atoms with Crippen LogP contribution in [0.1, 0.15) is 44.9 Å². The molecule has 3 nitrogen and oxygen atoms in total. The van der Waals surface area contributed by atoms with E-state index in [9.17, 15) is 4.79 Å². The largest absolute Gasteiger partial charge is 0.484 e. The van der Waals surface area contributed by atoms with Crippen LogP contribution in [0.2, 0.25) is 0 Å². The second kappa shape index (κ2) is 7.32. The maximum Gasteiger partial charge on any atom is 0.258 e. The predicted octanol–water partition coefficient (Wildman–Crippen LogP) is 4.24. The number of carbonyl (C=O) groups excluding carboxylic acids is 1. The minimum atomic E-state index is -0.123. The summed E-state index contributed by atoms with van der Waals surface area (Å²) in [6, 6.07) is 17.8. The molecule has 2 aromatic carbocycles. The van der Waals surface area contributed by atoms with Crippen molar-refractivity contribution in [2.45, 2.75) is 39.2 Å². The van der Waals surface area contributed by atoms with Crippen molar-refractivity contribution >= 4 is 5.91 Å². The molecule has 2 rings (SSSR count). The lowest BCUT2D eigenvalue weighted by Gasteiger charge is -2.20. The monoisotopic (exact) mass is 311 g/mol. The van der Waals surface area contributed by atoms with E-state index in [1.807, 2.05) is 55.5 Å². The smallest absolute Gasteiger partial charge is 0.258 e. The molecule has 0 aliphatic heterocycles. The zero-order valence-corrected chi connectivity index (χ0v) is 14.3. The molecule has 1 amide bonds. The highest BCUT2D eigenvalue weighted by atomic mass is 16.5. The molecule has 1 atom stereocenters. The maximum absolute atomic E-state index is 12.0. The summed E-state index contributed by atoms with van der Waals surface area (Å²) >= 11 is 0. The molecule has 0 aliphatic carbocycles. The Bertz CT molecular complexity index is 644. The summed E-state index contributed by atoms with van der Waals surface area (Å²) in [5.41, 5.74) is 2.33. The van der Waals surface area contributed by atoms with Crippen molar-refractivity contribution in [1.82, 2.24) is 5.32 Å². The fourth-order valence-corrected chi connectivity index (χ4v) is 2.31. The van der Waals surface area contributed by atoms with E-state index in [1.165, 1.54) is 5.56 Å². The van der Waals surface area contributed by atoms with Crippen LogP contribution in [-0.2, 0) is 10.2 Å². The topological polar surface area (TPSA) is 38.3 Å². The van der Waals surface area contributed by atoms with Crippen LogP contribution in [0, 0.1) is 0 Å². The number of rotatable bonds is 5. The number of ether oxygens (including phenoxy) is 1. The Morgan fingerprint density at radius 1 is 1.09 bits per heavy atom. The van der Waals surface area contributed by atoms with Crippen molar-refractivity contribution in [2.75, 3.05) is 6.61 Å². The van der Waals surface area contributed by atoms with Gasteiger partial charge in [0, 0.05) is 0 Å². The first-order valence-corrected chi connectivity index (χ1v) is 7.94. The molecule has 0 spiro atoms. The molecular weight excluding hydrogens is 286 g/mol. The van der Waals surface area contributed by atoms with Gasteiger partial charge in [0.2, 0.25) is 0 Å². The van der Waals surface area contributed by atoms with Crippen molar-refractivity contribution in [3.05, 3.63) is 65.7 Å². The van der Waals surface area contributed by atoms with Gasteiger partial charge in [0.25, 0.3) is 5.91 Å². The molecule has 0 bridgehead atoms. The molecule has 0 heterocycles. The lowest BCUT2D eigenvalue weighted by Crippen LogP contribution is -2.31. The summed E-state index contributed by atoms with van der Waals surface area (Å²) in [7, 11) is 0. The Hall–Kier alpha value is -2.29. The number of benzene rings is 2. The first-order chi connectivity index (χ1) is 10.9. The minimum absolute atomic E-state index is 0.0186. The third kappa shape index (κ3) is 5.13. The summed E-state index contributed by atoms with van der Waals surface area (Å²) in [5, 5.41) is 2.95. The van der Waals surface area contributed by atoms with Gasteiger partial charge in [-0.15, -0.1) is 0 Å². The molecule has 0 saturated carbocycles. The molecule has 0 aliphatic rings. The van der Waals surface area contributed by atoms with E-state index in [0.717, 1.165) is 11.3 Å². The molecule has 0 fully saturated rings. The van der Waals surface area contributed by atoms with Gasteiger partial charge in [0.15, 0.2) is 6.61 Å². The van der Waals surface area contributed by atoms with Crippen LogP contribution in [0.3, 0.4) is 0 Å². The number of hydrogen-bond acceptors (Lipinski definition) is 2. The van der Waals surface area contributed by atoms with E-state index >= 15 is 0 Å². The van der Waals surface area contributed by atoms with Crippen LogP contribution in [-0.4, -0.2) is 12.5 Å². The molecule has 1 N–H and O–H groups in total. The van der Waals surface area contributed by atoms with E-state index in [-0.39, 0.29) is 24.0 Å². The zero-order chi connectivity index (χ0) is 16.9. The van der Waals surface area contributed by atoms with Crippen LogP contribution in [0.4, 0.5) is 0 Å². The molecule has 0 radical (unpaired) electrons. The molecule has 0 aromatic heterocycles. The van der Waals surface area contributed by atoms with Gasteiger partial charge in [0.1, 0.15) is 5.75 Å². The Morgan fingerprint density at radius 2 is 1.78 bits per heavy atom. The Morgan fingerprint density at radius 3 is 2.43 bits per heavy atom. The number of nitrogens with one attached hydrogen (secondary N) is 1. The average molecular weight is 311 g/mol. The number of carbonyl (C=O) groups is 1. The third-order valence-electron chi connectivity index (χ3n) is 3.75. The first kappa shape index (κ1) is 17.1. The first-order valence-electron chi connectivity index (χ1n) is 7.94. The van der Waals surface area contributed by atoms with Crippen molar-refractivity contribution in [1.29, 1.82) is 0 Å². The molecule has 2 aromatic rings. The van der Waals surface area contributed by atoms with Gasteiger partial charge in [-0.2, -0.15) is 0 Å². The number of amides is 1. The van der Waals surface area contributed by atoms with Gasteiger partial charge >= 0.3 is 0 Å². The third-order valence-corrected chi connectivity index (χ3v) is 3.75. The molecule has 122 valence electrons. The highest BCUT2D eigenvalue weighted by Crippen LogP contribution is 2.25. The standard InChI is InChI=1S/C20H25NO2/c1-15(16-9-6-5-7-10-16)21-19(22)14-23-18-12-8-11-17(13-18)20(2,3)4/h5-13,15H,14H2,1-4H3,(H,21,22)/t15-/m0/s1. The molecule has 0 saturated heterocycles. The highest BCUT2D eigenvalue weighted by Gasteiger charge is 2.14. The summed E-state index contributed by atoms with van der Waals surface area (Å²) in [4.78, 5) is 12.0. The minimum Gasteiger partial charge on any atom is -0.484 e. The SMILES string of the molecule is C[C@H](NC(=O)COc1cccc(C(C)(C)C)c1)c1ccccc1. The quantitative estimate of drug-likeness (QED) is 0.897. The van der Waals surface area contributed by atoms with E-state index in [1.54, 1.807) is 0 Å². The Kier molecular flexibility index (Phi) is 5.43. The predicted molar refractivity (Wildman–Crippen MR) is 93.6 cm³/mol. The Balaban J connectivity index is 1.90. The fourth-order valence-electron chi connectivity index (χ4n) is 2.31. The summed E-state index contributed by atoms with van der Waals surface area (Å²) in [5.74, 6) is 0.599. The van der Waals surface area contributed by atoms with Crippen LogP contribution in [0.25, 0.3) is 0 Å². The van der Waals surface area contributed by atoms with Crippen molar-refractivity contribution in [2.24, 2.45) is 0 Å². The summed E-state index contributed by atoms with van der Waals surface area (Å²) in [6.07, 6.45) is 0. The van der Waals surface area contributed by atoms with Gasteiger partial charge in [0.05, 0.1) is 6.04 Å². The van der Waals surface area contributed by atoms with Crippen molar-refractivity contribution < 1.29 is 9.53 Å². The highest BCUT2D eigenvalue weighted by molar-refractivity contribution is 5.78. The van der Waals surface area contributed by atoms with E-state index < -0.39 is 0 Å². The van der Waals surface area contributed by atoms with Crippen LogP contribution >= 0.6 is 0 Å². The van der Waals surface area contributed by atoms with Crippen LogP contribution in [0.15, 0.2) is 54.6 Å². The lowest BCUT2D eigenvalue weighted by molar-refractivity contribution is -0.123. The maximum atomic E-state index is 12.0. The molecule has 23 heavy (non-hydrogen) atoms. The second-order valence-electron chi connectivity index (χ2n) is 6.77.